The maximum absolute atomic E-state index is 9.30. The van der Waals surface area contributed by atoms with Crippen LogP contribution in [0.2, 0.25) is 0 Å². The zero-order chi connectivity index (χ0) is 13.2. The van der Waals surface area contributed by atoms with Crippen LogP contribution in [0.1, 0.15) is 78.1 Å². The van der Waals surface area contributed by atoms with Gasteiger partial charge in [0, 0.05) is 6.04 Å². The molecule has 108 valence electrons. The van der Waals surface area contributed by atoms with E-state index in [1.165, 1.54) is 51.4 Å². The highest BCUT2D eigenvalue weighted by molar-refractivity contribution is 4.81. The molecule has 0 amide bonds. The molecule has 1 rings (SSSR count). The second-order valence-electron chi connectivity index (χ2n) is 6.09. The minimum atomic E-state index is -0.00423. The first-order chi connectivity index (χ1) is 8.76. The van der Waals surface area contributed by atoms with E-state index in [0.29, 0.717) is 0 Å². The summed E-state index contributed by atoms with van der Waals surface area (Å²) in [6.45, 7) is 5.67. The largest absolute Gasteiger partial charge is 0.393 e. The van der Waals surface area contributed by atoms with Crippen LogP contribution >= 0.6 is 0 Å². The zero-order valence-corrected chi connectivity index (χ0v) is 12.5. The standard InChI is InChI=1S/C16H33NO/c1-3-5-7-9-15(10-8-6-4-2)17-13-14-11-16(18)12-14/h14-18H,3-13H2,1-2H3. The Balaban J connectivity index is 2.11. The highest BCUT2D eigenvalue weighted by Gasteiger charge is 2.27. The van der Waals surface area contributed by atoms with Crippen molar-refractivity contribution in [3.05, 3.63) is 0 Å². The monoisotopic (exact) mass is 255 g/mol. The van der Waals surface area contributed by atoms with Crippen molar-refractivity contribution in [3.63, 3.8) is 0 Å². The summed E-state index contributed by atoms with van der Waals surface area (Å²) in [5, 5.41) is 13.1. The van der Waals surface area contributed by atoms with Gasteiger partial charge in [-0.1, -0.05) is 52.4 Å². The fourth-order valence-corrected chi connectivity index (χ4v) is 2.83. The van der Waals surface area contributed by atoms with E-state index in [-0.39, 0.29) is 6.10 Å². The van der Waals surface area contributed by atoms with Crippen molar-refractivity contribution in [2.75, 3.05) is 6.54 Å². The average molecular weight is 255 g/mol. The molecule has 1 fully saturated rings. The minimum Gasteiger partial charge on any atom is -0.393 e. The molecule has 0 aliphatic heterocycles. The van der Waals surface area contributed by atoms with Gasteiger partial charge in [-0.05, 0) is 38.1 Å². The van der Waals surface area contributed by atoms with Crippen LogP contribution in [0.3, 0.4) is 0 Å². The van der Waals surface area contributed by atoms with E-state index >= 15 is 0 Å². The van der Waals surface area contributed by atoms with Crippen molar-refractivity contribution in [2.45, 2.75) is 90.2 Å². The molecule has 2 N–H and O–H groups in total. The summed E-state index contributed by atoms with van der Waals surface area (Å²) in [5.74, 6) is 0.736. The molecule has 0 aromatic rings. The number of hydrogen-bond donors (Lipinski definition) is 2. The lowest BCUT2D eigenvalue weighted by atomic mass is 9.82. The lowest BCUT2D eigenvalue weighted by Crippen LogP contribution is -2.40. The number of hydrogen-bond acceptors (Lipinski definition) is 2. The van der Waals surface area contributed by atoms with E-state index in [4.69, 9.17) is 0 Å². The summed E-state index contributed by atoms with van der Waals surface area (Å²) in [4.78, 5) is 0. The molecule has 1 saturated carbocycles. The normalized spacial score (nSPS) is 23.3. The van der Waals surface area contributed by atoms with Crippen molar-refractivity contribution < 1.29 is 5.11 Å². The first-order valence-electron chi connectivity index (χ1n) is 8.17. The number of unbranched alkanes of at least 4 members (excludes halogenated alkanes) is 4. The molecule has 0 aromatic carbocycles. The first kappa shape index (κ1) is 16.0. The van der Waals surface area contributed by atoms with Crippen LogP contribution < -0.4 is 5.32 Å². The lowest BCUT2D eigenvalue weighted by molar-refractivity contribution is 0.0415. The molecule has 1 aliphatic carbocycles. The number of nitrogens with one attached hydrogen (secondary N) is 1. The van der Waals surface area contributed by atoms with Crippen LogP contribution in [-0.4, -0.2) is 23.8 Å². The molecular weight excluding hydrogens is 222 g/mol. The van der Waals surface area contributed by atoms with Gasteiger partial charge in [0.15, 0.2) is 0 Å². The van der Waals surface area contributed by atoms with E-state index in [2.05, 4.69) is 19.2 Å². The van der Waals surface area contributed by atoms with Crippen LogP contribution in [0.15, 0.2) is 0 Å². The average Bonchev–Trinajstić information content (AvgIpc) is 2.32. The summed E-state index contributed by atoms with van der Waals surface area (Å²) in [6.07, 6.45) is 12.8. The third kappa shape index (κ3) is 6.75. The number of rotatable bonds is 11. The van der Waals surface area contributed by atoms with Crippen molar-refractivity contribution in [3.8, 4) is 0 Å². The van der Waals surface area contributed by atoms with Crippen LogP contribution in [0.5, 0.6) is 0 Å². The third-order valence-corrected chi connectivity index (χ3v) is 4.22. The highest BCUT2D eigenvalue weighted by Crippen LogP contribution is 2.26. The summed E-state index contributed by atoms with van der Waals surface area (Å²) >= 11 is 0. The molecule has 18 heavy (non-hydrogen) atoms. The fourth-order valence-electron chi connectivity index (χ4n) is 2.83. The quantitative estimate of drug-likeness (QED) is 0.549. The van der Waals surface area contributed by atoms with E-state index in [1.54, 1.807) is 0 Å². The molecule has 0 unspecified atom stereocenters. The second-order valence-corrected chi connectivity index (χ2v) is 6.09. The Morgan fingerprint density at radius 2 is 1.56 bits per heavy atom. The van der Waals surface area contributed by atoms with Gasteiger partial charge in [-0.15, -0.1) is 0 Å². The summed E-state index contributed by atoms with van der Waals surface area (Å²) in [7, 11) is 0. The topological polar surface area (TPSA) is 32.3 Å². The van der Waals surface area contributed by atoms with Gasteiger partial charge in [-0.2, -0.15) is 0 Å². The Morgan fingerprint density at radius 1 is 1.00 bits per heavy atom. The number of aliphatic hydroxyl groups excluding tert-OH is 1. The van der Waals surface area contributed by atoms with Gasteiger partial charge in [0.1, 0.15) is 0 Å². The minimum absolute atomic E-state index is 0.00423. The van der Waals surface area contributed by atoms with Gasteiger partial charge in [0.2, 0.25) is 0 Å². The molecule has 2 heteroatoms. The van der Waals surface area contributed by atoms with Gasteiger partial charge in [0.05, 0.1) is 6.10 Å². The summed E-state index contributed by atoms with van der Waals surface area (Å²) in [6, 6.07) is 0.723. The van der Waals surface area contributed by atoms with Crippen molar-refractivity contribution >= 4 is 0 Å². The maximum atomic E-state index is 9.30. The fraction of sp³-hybridized carbons (Fsp3) is 1.00. The van der Waals surface area contributed by atoms with E-state index in [0.717, 1.165) is 31.3 Å². The Morgan fingerprint density at radius 3 is 2.00 bits per heavy atom. The molecule has 0 aromatic heterocycles. The van der Waals surface area contributed by atoms with Crippen LogP contribution in [0, 0.1) is 5.92 Å². The second kappa shape index (κ2) is 9.80. The van der Waals surface area contributed by atoms with E-state index in [9.17, 15) is 5.11 Å². The van der Waals surface area contributed by atoms with Gasteiger partial charge >= 0.3 is 0 Å². The zero-order valence-electron chi connectivity index (χ0n) is 12.5. The molecule has 0 spiro atoms. The molecule has 0 radical (unpaired) electrons. The summed E-state index contributed by atoms with van der Waals surface area (Å²) < 4.78 is 0. The molecular formula is C16H33NO. The smallest absolute Gasteiger partial charge is 0.0546 e. The molecule has 0 bridgehead atoms. The van der Waals surface area contributed by atoms with Crippen molar-refractivity contribution in [2.24, 2.45) is 5.92 Å². The Labute approximate surface area is 114 Å². The molecule has 0 atom stereocenters. The van der Waals surface area contributed by atoms with Crippen LogP contribution in [0.25, 0.3) is 0 Å². The SMILES string of the molecule is CCCCCC(CCCCC)NCC1CC(O)C1. The van der Waals surface area contributed by atoms with E-state index < -0.39 is 0 Å². The maximum Gasteiger partial charge on any atom is 0.0546 e. The molecule has 0 heterocycles. The van der Waals surface area contributed by atoms with E-state index in [1.807, 2.05) is 0 Å². The van der Waals surface area contributed by atoms with Crippen LogP contribution in [-0.2, 0) is 0 Å². The molecule has 2 nitrogen and oxygen atoms in total. The Bertz CT molecular complexity index is 180. The van der Waals surface area contributed by atoms with Gasteiger partial charge < -0.3 is 10.4 Å². The van der Waals surface area contributed by atoms with Gasteiger partial charge in [-0.25, -0.2) is 0 Å². The first-order valence-corrected chi connectivity index (χ1v) is 8.17. The highest BCUT2D eigenvalue weighted by atomic mass is 16.3. The predicted octanol–water partition coefficient (Wildman–Crippen LogP) is 3.88. The Hall–Kier alpha value is -0.0800. The van der Waals surface area contributed by atoms with Crippen LogP contribution in [0.4, 0.5) is 0 Å². The van der Waals surface area contributed by atoms with Crippen molar-refractivity contribution in [1.29, 1.82) is 0 Å². The van der Waals surface area contributed by atoms with Gasteiger partial charge in [-0.3, -0.25) is 0 Å². The molecule has 1 aliphatic rings. The number of aliphatic hydroxyl groups is 1. The molecule has 0 saturated heterocycles. The van der Waals surface area contributed by atoms with Gasteiger partial charge in [0.25, 0.3) is 0 Å². The lowest BCUT2D eigenvalue weighted by Gasteiger charge is -2.33. The third-order valence-electron chi connectivity index (χ3n) is 4.22. The van der Waals surface area contributed by atoms with Crippen molar-refractivity contribution in [1.82, 2.24) is 5.32 Å². The predicted molar refractivity (Wildman–Crippen MR) is 78.8 cm³/mol. The Kier molecular flexibility index (Phi) is 8.70. The summed E-state index contributed by atoms with van der Waals surface area (Å²) in [5.41, 5.74) is 0.